The summed E-state index contributed by atoms with van der Waals surface area (Å²) in [6, 6.07) is 0. The molecular weight excluding hydrogens is 336 g/mol. The number of allylic oxidation sites excluding steroid dienone is 2. The Hall–Kier alpha value is -1.12. The van der Waals surface area contributed by atoms with Crippen LogP contribution in [0.25, 0.3) is 0 Å². The molecule has 0 heterocycles. The van der Waals surface area contributed by atoms with Crippen LogP contribution >= 0.6 is 0 Å². The number of hydrogen-bond acceptors (Lipinski definition) is 3. The first kappa shape index (κ1) is 19.2. The van der Waals surface area contributed by atoms with Crippen LogP contribution in [0, 0.1) is 34.5 Å². The van der Waals surface area contributed by atoms with E-state index >= 15 is 0 Å². The highest BCUT2D eigenvalue weighted by Crippen LogP contribution is 2.64. The normalized spacial score (nSPS) is 43.4. The van der Waals surface area contributed by atoms with Gasteiger partial charge in [0.15, 0.2) is 5.78 Å². The number of carbonyl (C=O) groups excluding carboxylic acids is 2. The lowest BCUT2D eigenvalue weighted by atomic mass is 9.48. The quantitative estimate of drug-likeness (QED) is 0.614. The summed E-state index contributed by atoms with van der Waals surface area (Å²) in [5, 5.41) is 0. The van der Waals surface area contributed by atoms with Crippen LogP contribution in [-0.4, -0.2) is 18.9 Å². The predicted molar refractivity (Wildman–Crippen MR) is 106 cm³/mol. The Morgan fingerprint density at radius 1 is 1.15 bits per heavy atom. The smallest absolute Gasteiger partial charge is 0.305 e. The molecule has 0 aliphatic heterocycles. The van der Waals surface area contributed by atoms with Gasteiger partial charge in [-0.05, 0) is 86.5 Å². The lowest BCUT2D eigenvalue weighted by molar-refractivity contribution is -0.140. The molecule has 4 rings (SSSR count). The number of carbonyl (C=O) groups is 2. The number of hydrogen-bond donors (Lipinski definition) is 0. The van der Waals surface area contributed by atoms with Gasteiger partial charge in [-0.3, -0.25) is 9.59 Å². The van der Waals surface area contributed by atoms with Crippen LogP contribution in [0.1, 0.15) is 84.5 Å². The lowest BCUT2D eigenvalue weighted by Gasteiger charge is -2.55. The van der Waals surface area contributed by atoms with E-state index in [9.17, 15) is 9.59 Å². The largest absolute Gasteiger partial charge is 0.469 e. The summed E-state index contributed by atoms with van der Waals surface area (Å²) in [7, 11) is 1.45. The Bertz CT molecular complexity index is 650. The molecule has 0 amide bonds. The van der Waals surface area contributed by atoms with E-state index in [0.29, 0.717) is 30.0 Å². The topological polar surface area (TPSA) is 43.4 Å². The molecule has 0 aromatic heterocycles. The fraction of sp³-hybridized carbons (Fsp3) is 0.833. The van der Waals surface area contributed by atoms with Crippen LogP contribution in [0.4, 0.5) is 0 Å². The molecule has 0 bridgehead atoms. The van der Waals surface area contributed by atoms with Crippen molar-refractivity contribution in [3.8, 4) is 0 Å². The van der Waals surface area contributed by atoms with E-state index in [0.717, 1.165) is 25.2 Å². The highest BCUT2D eigenvalue weighted by molar-refractivity contribution is 5.97. The zero-order valence-electron chi connectivity index (χ0n) is 17.4. The maximum absolute atomic E-state index is 13.5. The number of ketones is 1. The first-order valence-electron chi connectivity index (χ1n) is 11.2. The van der Waals surface area contributed by atoms with Gasteiger partial charge in [-0.15, -0.1) is 0 Å². The standard InChI is InChI=1S/C24H36O3/c1-23-14-5-4-7-16(23)10-12-18-19-13-11-17(8-6-9-22(26)27-3)24(19,2)21(25)15-20(18)23/h15-19H,4-14H2,1-3H3. The second-order valence-corrected chi connectivity index (χ2v) is 10.1. The lowest BCUT2D eigenvalue weighted by Crippen LogP contribution is -2.50. The SMILES string of the molecule is COC(=O)CCCC1CCC2C3CCC4CCCCC4(C)C3=CC(=O)C12C. The van der Waals surface area contributed by atoms with Gasteiger partial charge >= 0.3 is 5.97 Å². The third-order valence-electron chi connectivity index (χ3n) is 9.19. The van der Waals surface area contributed by atoms with E-state index in [4.69, 9.17) is 4.74 Å². The van der Waals surface area contributed by atoms with Crippen LogP contribution in [0.15, 0.2) is 11.6 Å². The number of esters is 1. The van der Waals surface area contributed by atoms with E-state index < -0.39 is 0 Å². The third kappa shape index (κ3) is 2.91. The second-order valence-electron chi connectivity index (χ2n) is 10.1. The highest BCUT2D eigenvalue weighted by atomic mass is 16.5. The Kier molecular flexibility index (Phi) is 5.01. The Morgan fingerprint density at radius 2 is 1.96 bits per heavy atom. The Labute approximate surface area is 164 Å². The van der Waals surface area contributed by atoms with Gasteiger partial charge in [0, 0.05) is 11.8 Å². The minimum atomic E-state index is -0.206. The van der Waals surface area contributed by atoms with E-state index in [1.807, 2.05) is 0 Å². The maximum Gasteiger partial charge on any atom is 0.305 e. The van der Waals surface area contributed by atoms with Gasteiger partial charge in [-0.1, -0.05) is 32.3 Å². The summed E-state index contributed by atoms with van der Waals surface area (Å²) in [5.41, 5.74) is 1.60. The zero-order chi connectivity index (χ0) is 19.2. The maximum atomic E-state index is 13.5. The molecule has 0 saturated heterocycles. The fourth-order valence-electron chi connectivity index (χ4n) is 7.52. The molecular formula is C24H36O3. The number of methoxy groups -OCH3 is 1. The summed E-state index contributed by atoms with van der Waals surface area (Å²) in [6.07, 6.45) is 14.7. The number of ether oxygens (including phenoxy) is 1. The van der Waals surface area contributed by atoms with Crippen molar-refractivity contribution in [2.24, 2.45) is 34.5 Å². The molecule has 3 fully saturated rings. The van der Waals surface area contributed by atoms with Crippen LogP contribution < -0.4 is 0 Å². The molecule has 150 valence electrons. The van der Waals surface area contributed by atoms with Gasteiger partial charge in [-0.25, -0.2) is 0 Å². The van der Waals surface area contributed by atoms with E-state index in [2.05, 4.69) is 19.9 Å². The van der Waals surface area contributed by atoms with Crippen molar-refractivity contribution < 1.29 is 14.3 Å². The minimum Gasteiger partial charge on any atom is -0.469 e. The van der Waals surface area contributed by atoms with Crippen molar-refractivity contribution in [3.05, 3.63) is 11.6 Å². The average Bonchev–Trinajstić information content (AvgIpc) is 3.00. The predicted octanol–water partition coefficient (Wildman–Crippen LogP) is 5.48. The van der Waals surface area contributed by atoms with Crippen LogP contribution in [0.3, 0.4) is 0 Å². The van der Waals surface area contributed by atoms with Crippen LogP contribution in [0.5, 0.6) is 0 Å². The highest BCUT2D eigenvalue weighted by Gasteiger charge is 2.59. The van der Waals surface area contributed by atoms with Crippen molar-refractivity contribution in [2.75, 3.05) is 7.11 Å². The van der Waals surface area contributed by atoms with Crippen molar-refractivity contribution >= 4 is 11.8 Å². The van der Waals surface area contributed by atoms with E-state index in [1.165, 1.54) is 57.6 Å². The molecule has 4 aliphatic carbocycles. The molecule has 3 heteroatoms. The van der Waals surface area contributed by atoms with Gasteiger partial charge in [-0.2, -0.15) is 0 Å². The van der Waals surface area contributed by atoms with E-state index in [1.54, 1.807) is 0 Å². The molecule has 0 N–H and O–H groups in total. The summed E-state index contributed by atoms with van der Waals surface area (Å²) in [5.74, 6) is 2.63. The molecule has 6 atom stereocenters. The van der Waals surface area contributed by atoms with Crippen molar-refractivity contribution in [1.29, 1.82) is 0 Å². The molecule has 3 saturated carbocycles. The van der Waals surface area contributed by atoms with Gasteiger partial charge in [0.25, 0.3) is 0 Å². The summed E-state index contributed by atoms with van der Waals surface area (Å²) in [4.78, 5) is 24.9. The molecule has 0 aromatic carbocycles. The summed E-state index contributed by atoms with van der Waals surface area (Å²) in [6.45, 7) is 4.71. The fourth-order valence-corrected chi connectivity index (χ4v) is 7.52. The number of fused-ring (bicyclic) bond motifs is 5. The van der Waals surface area contributed by atoms with Crippen molar-refractivity contribution in [2.45, 2.75) is 84.5 Å². The van der Waals surface area contributed by atoms with Gasteiger partial charge in [0.2, 0.25) is 0 Å². The third-order valence-corrected chi connectivity index (χ3v) is 9.19. The van der Waals surface area contributed by atoms with Crippen molar-refractivity contribution in [1.82, 2.24) is 0 Å². The molecule has 0 spiro atoms. The second kappa shape index (κ2) is 7.04. The first-order chi connectivity index (χ1) is 12.9. The molecule has 6 unspecified atom stereocenters. The average molecular weight is 373 g/mol. The number of rotatable bonds is 4. The first-order valence-corrected chi connectivity index (χ1v) is 11.2. The van der Waals surface area contributed by atoms with Gasteiger partial charge < -0.3 is 4.74 Å². The Balaban J connectivity index is 1.57. The van der Waals surface area contributed by atoms with E-state index in [-0.39, 0.29) is 16.8 Å². The van der Waals surface area contributed by atoms with Gasteiger partial charge in [0.1, 0.15) is 0 Å². The molecule has 0 aromatic rings. The summed E-state index contributed by atoms with van der Waals surface area (Å²) < 4.78 is 4.78. The minimum absolute atomic E-state index is 0.129. The monoisotopic (exact) mass is 372 g/mol. The van der Waals surface area contributed by atoms with Gasteiger partial charge in [0.05, 0.1) is 7.11 Å². The molecule has 0 radical (unpaired) electrons. The molecule has 3 nitrogen and oxygen atoms in total. The van der Waals surface area contributed by atoms with Crippen LogP contribution in [-0.2, 0) is 14.3 Å². The Morgan fingerprint density at radius 3 is 2.74 bits per heavy atom. The molecule has 27 heavy (non-hydrogen) atoms. The van der Waals surface area contributed by atoms with Crippen molar-refractivity contribution in [3.63, 3.8) is 0 Å². The summed E-state index contributed by atoms with van der Waals surface area (Å²) >= 11 is 0. The molecule has 4 aliphatic rings. The van der Waals surface area contributed by atoms with Crippen LogP contribution in [0.2, 0.25) is 0 Å². The zero-order valence-corrected chi connectivity index (χ0v) is 17.4.